The lowest BCUT2D eigenvalue weighted by atomic mass is 9.99. The van der Waals surface area contributed by atoms with Gasteiger partial charge in [-0.3, -0.25) is 15.0 Å². The van der Waals surface area contributed by atoms with Crippen molar-refractivity contribution in [1.29, 1.82) is 0 Å². The van der Waals surface area contributed by atoms with Gasteiger partial charge >= 0.3 is 5.97 Å². The first-order chi connectivity index (χ1) is 8.24. The molecule has 1 aliphatic carbocycles. The number of carbonyl (C=O) groups is 1. The molecule has 0 spiro atoms. The largest absolute Gasteiger partial charge is 0.480 e. The molecule has 1 rings (SSSR count). The lowest BCUT2D eigenvalue weighted by Crippen LogP contribution is -2.59. The van der Waals surface area contributed by atoms with Crippen molar-refractivity contribution in [3.63, 3.8) is 0 Å². The van der Waals surface area contributed by atoms with Crippen LogP contribution in [0.2, 0.25) is 0 Å². The summed E-state index contributed by atoms with van der Waals surface area (Å²) in [6.07, 6.45) is 2.21. The topological polar surface area (TPSA) is 52.6 Å². The summed E-state index contributed by atoms with van der Waals surface area (Å²) in [5, 5.41) is 12.8. The molecule has 0 radical (unpaired) electrons. The number of nitrogens with one attached hydrogen (secondary N) is 1. The highest BCUT2D eigenvalue weighted by atomic mass is 16.4. The molecule has 0 amide bonds. The average molecular weight is 256 g/mol. The van der Waals surface area contributed by atoms with Gasteiger partial charge in [0.25, 0.3) is 0 Å². The molecule has 1 fully saturated rings. The van der Waals surface area contributed by atoms with Crippen LogP contribution in [0.1, 0.15) is 47.5 Å². The van der Waals surface area contributed by atoms with Gasteiger partial charge in [-0.2, -0.15) is 0 Å². The molecule has 4 heteroatoms. The van der Waals surface area contributed by atoms with Gasteiger partial charge in [-0.05, 0) is 39.5 Å². The maximum atomic E-state index is 11.5. The molecule has 0 aromatic rings. The Hall–Kier alpha value is -0.610. The standard InChI is InChI=1S/C14H28N2O2/c1-10(2)8-16(11(3)4)9-14(5,13(17)18)15-12-6-7-12/h10-12,15H,6-9H2,1-5H3,(H,17,18). The number of hydrogen-bond acceptors (Lipinski definition) is 3. The van der Waals surface area contributed by atoms with Crippen molar-refractivity contribution < 1.29 is 9.90 Å². The van der Waals surface area contributed by atoms with E-state index in [-0.39, 0.29) is 0 Å². The lowest BCUT2D eigenvalue weighted by molar-refractivity contribution is -0.145. The summed E-state index contributed by atoms with van der Waals surface area (Å²) >= 11 is 0. The predicted molar refractivity (Wildman–Crippen MR) is 73.7 cm³/mol. The Balaban J connectivity index is 2.68. The van der Waals surface area contributed by atoms with Crippen LogP contribution < -0.4 is 5.32 Å². The molecule has 106 valence electrons. The molecule has 0 heterocycles. The zero-order valence-electron chi connectivity index (χ0n) is 12.4. The fourth-order valence-electron chi connectivity index (χ4n) is 2.19. The molecule has 1 atom stereocenters. The molecular weight excluding hydrogens is 228 g/mol. The highest BCUT2D eigenvalue weighted by molar-refractivity contribution is 5.78. The number of hydrogen-bond donors (Lipinski definition) is 2. The average Bonchev–Trinajstić information content (AvgIpc) is 2.99. The summed E-state index contributed by atoms with van der Waals surface area (Å²) in [7, 11) is 0. The second-order valence-electron chi connectivity index (χ2n) is 6.47. The first-order valence-corrected chi connectivity index (χ1v) is 6.99. The minimum atomic E-state index is -0.833. The molecule has 0 aliphatic heterocycles. The number of nitrogens with zero attached hydrogens (tertiary/aromatic N) is 1. The van der Waals surface area contributed by atoms with Gasteiger partial charge in [0.2, 0.25) is 0 Å². The van der Waals surface area contributed by atoms with E-state index in [0.29, 0.717) is 24.5 Å². The summed E-state index contributed by atoms with van der Waals surface area (Å²) in [6, 6.07) is 0.770. The fraction of sp³-hybridized carbons (Fsp3) is 0.929. The van der Waals surface area contributed by atoms with Gasteiger partial charge in [-0.15, -0.1) is 0 Å². The maximum absolute atomic E-state index is 11.5. The van der Waals surface area contributed by atoms with Gasteiger partial charge in [-0.1, -0.05) is 13.8 Å². The highest BCUT2D eigenvalue weighted by Crippen LogP contribution is 2.24. The molecule has 0 aromatic carbocycles. The number of carboxylic acid groups (broad SMARTS) is 1. The molecule has 0 bridgehead atoms. The smallest absolute Gasteiger partial charge is 0.324 e. The molecule has 1 aliphatic rings. The van der Waals surface area contributed by atoms with Crippen molar-refractivity contribution in [2.75, 3.05) is 13.1 Å². The van der Waals surface area contributed by atoms with Crippen molar-refractivity contribution in [2.24, 2.45) is 5.92 Å². The molecule has 0 aromatic heterocycles. The van der Waals surface area contributed by atoms with Gasteiger partial charge in [0, 0.05) is 25.2 Å². The zero-order chi connectivity index (χ0) is 13.9. The van der Waals surface area contributed by atoms with E-state index >= 15 is 0 Å². The van der Waals surface area contributed by atoms with Crippen LogP contribution >= 0.6 is 0 Å². The Morgan fingerprint density at radius 3 is 2.28 bits per heavy atom. The van der Waals surface area contributed by atoms with Crippen LogP contribution in [0.25, 0.3) is 0 Å². The van der Waals surface area contributed by atoms with E-state index in [0.717, 1.165) is 19.4 Å². The third-order valence-corrected chi connectivity index (χ3v) is 3.42. The molecule has 1 saturated carbocycles. The third kappa shape index (κ3) is 4.58. The van der Waals surface area contributed by atoms with Crippen molar-refractivity contribution in [2.45, 2.75) is 65.1 Å². The summed E-state index contributed by atoms with van der Waals surface area (Å²) < 4.78 is 0. The van der Waals surface area contributed by atoms with Crippen LogP contribution in [-0.2, 0) is 4.79 Å². The Labute approximate surface area is 111 Å². The van der Waals surface area contributed by atoms with Gasteiger partial charge < -0.3 is 5.11 Å². The summed E-state index contributed by atoms with van der Waals surface area (Å²) in [5.74, 6) is -0.199. The number of carboxylic acids is 1. The summed E-state index contributed by atoms with van der Waals surface area (Å²) in [6.45, 7) is 11.9. The van der Waals surface area contributed by atoms with E-state index in [9.17, 15) is 9.90 Å². The number of rotatable bonds is 8. The predicted octanol–water partition coefficient (Wildman–Crippen LogP) is 1.95. The van der Waals surface area contributed by atoms with Crippen LogP contribution in [0.4, 0.5) is 0 Å². The minimum absolute atomic E-state index is 0.368. The molecule has 2 N–H and O–H groups in total. The van der Waals surface area contributed by atoms with E-state index in [1.807, 2.05) is 6.92 Å². The monoisotopic (exact) mass is 256 g/mol. The van der Waals surface area contributed by atoms with Crippen molar-refractivity contribution in [3.05, 3.63) is 0 Å². The minimum Gasteiger partial charge on any atom is -0.480 e. The van der Waals surface area contributed by atoms with Gasteiger partial charge in [0.05, 0.1) is 0 Å². The van der Waals surface area contributed by atoms with E-state index < -0.39 is 11.5 Å². The molecule has 0 saturated heterocycles. The molecule has 4 nitrogen and oxygen atoms in total. The van der Waals surface area contributed by atoms with Crippen LogP contribution in [0, 0.1) is 5.92 Å². The Bertz CT molecular complexity index is 288. The van der Waals surface area contributed by atoms with Crippen LogP contribution in [0.5, 0.6) is 0 Å². The Morgan fingerprint density at radius 1 is 1.39 bits per heavy atom. The zero-order valence-corrected chi connectivity index (χ0v) is 12.4. The SMILES string of the molecule is CC(C)CN(CC(C)(NC1CC1)C(=O)O)C(C)C. The molecule has 1 unspecified atom stereocenters. The molecular formula is C14H28N2O2. The Kier molecular flexibility index (Phi) is 5.17. The third-order valence-electron chi connectivity index (χ3n) is 3.42. The van der Waals surface area contributed by atoms with Crippen molar-refractivity contribution in [3.8, 4) is 0 Å². The maximum Gasteiger partial charge on any atom is 0.324 e. The molecule has 18 heavy (non-hydrogen) atoms. The summed E-state index contributed by atoms with van der Waals surface area (Å²) in [5.41, 5.74) is -0.833. The lowest BCUT2D eigenvalue weighted by Gasteiger charge is -2.36. The first-order valence-electron chi connectivity index (χ1n) is 6.99. The second kappa shape index (κ2) is 6.02. The second-order valence-corrected chi connectivity index (χ2v) is 6.47. The number of aliphatic carboxylic acids is 1. The van der Waals surface area contributed by atoms with E-state index in [1.54, 1.807) is 0 Å². The van der Waals surface area contributed by atoms with Crippen LogP contribution in [-0.4, -0.2) is 46.7 Å². The van der Waals surface area contributed by atoms with Crippen LogP contribution in [0.3, 0.4) is 0 Å². The van der Waals surface area contributed by atoms with Gasteiger partial charge in [0.1, 0.15) is 5.54 Å². The van der Waals surface area contributed by atoms with Crippen molar-refractivity contribution in [1.82, 2.24) is 10.2 Å². The van der Waals surface area contributed by atoms with Crippen LogP contribution in [0.15, 0.2) is 0 Å². The van der Waals surface area contributed by atoms with E-state index in [4.69, 9.17) is 0 Å². The quantitative estimate of drug-likeness (QED) is 0.697. The van der Waals surface area contributed by atoms with Gasteiger partial charge in [-0.25, -0.2) is 0 Å². The first kappa shape index (κ1) is 15.4. The fourth-order valence-corrected chi connectivity index (χ4v) is 2.19. The normalized spacial score (nSPS) is 19.6. The van der Waals surface area contributed by atoms with Gasteiger partial charge in [0.15, 0.2) is 0 Å². The summed E-state index contributed by atoms with van der Waals surface area (Å²) in [4.78, 5) is 13.8. The van der Waals surface area contributed by atoms with E-state index in [1.165, 1.54) is 0 Å². The van der Waals surface area contributed by atoms with Crippen molar-refractivity contribution >= 4 is 5.97 Å². The Morgan fingerprint density at radius 2 is 1.94 bits per heavy atom. The highest BCUT2D eigenvalue weighted by Gasteiger charge is 2.40. The van der Waals surface area contributed by atoms with E-state index in [2.05, 4.69) is 37.9 Å².